The number of aryl methyl sites for hydroxylation is 1. The Morgan fingerprint density at radius 3 is 2.66 bits per heavy atom. The normalized spacial score (nSPS) is 20.2. The Hall–Kier alpha value is -2.98. The van der Waals surface area contributed by atoms with Crippen molar-refractivity contribution in [3.63, 3.8) is 0 Å². The lowest BCUT2D eigenvalue weighted by molar-refractivity contribution is -0.140. The summed E-state index contributed by atoms with van der Waals surface area (Å²) in [5.74, 6) is 0. The summed E-state index contributed by atoms with van der Waals surface area (Å²) in [7, 11) is 0. The summed E-state index contributed by atoms with van der Waals surface area (Å²) < 4.78 is 46.6. The molecule has 2 N–H and O–H groups in total. The molecule has 1 aliphatic heterocycles. The number of aromatic nitrogens is 5. The molecule has 0 radical (unpaired) electrons. The fourth-order valence-electron chi connectivity index (χ4n) is 5.20. The van der Waals surface area contributed by atoms with Crippen LogP contribution in [0.3, 0.4) is 0 Å². The highest BCUT2D eigenvalue weighted by Gasteiger charge is 2.38. The van der Waals surface area contributed by atoms with E-state index in [2.05, 4.69) is 25.3 Å². The lowest BCUT2D eigenvalue weighted by Gasteiger charge is -2.38. The Morgan fingerprint density at radius 2 is 1.84 bits per heavy atom. The summed E-state index contributed by atoms with van der Waals surface area (Å²) in [6.45, 7) is 3.03. The number of rotatable bonds is 2. The topological polar surface area (TPSA) is 82.7 Å². The smallest absolute Gasteiger partial charge is 0.379 e. The molecule has 1 atom stereocenters. The van der Waals surface area contributed by atoms with E-state index in [0.717, 1.165) is 53.3 Å². The van der Waals surface area contributed by atoms with E-state index >= 15 is 0 Å². The van der Waals surface area contributed by atoms with Crippen LogP contribution in [0.15, 0.2) is 24.5 Å². The molecule has 6 rings (SSSR count). The first-order chi connectivity index (χ1) is 15.5. The van der Waals surface area contributed by atoms with Gasteiger partial charge in [-0.15, -0.1) is 0 Å². The number of H-pyrrole nitrogens is 2. The maximum atomic E-state index is 13.7. The molecule has 3 aromatic heterocycles. The number of pyridine rings is 1. The Kier molecular flexibility index (Phi) is 4.48. The molecule has 1 aliphatic carbocycles. The zero-order valence-electron chi connectivity index (χ0n) is 17.2. The predicted molar refractivity (Wildman–Crippen MR) is 112 cm³/mol. The molecule has 7 nitrogen and oxygen atoms in total. The van der Waals surface area contributed by atoms with Gasteiger partial charge in [-0.3, -0.25) is 15.1 Å². The highest BCUT2D eigenvalue weighted by molar-refractivity contribution is 6.07. The first-order valence-corrected chi connectivity index (χ1v) is 10.7. The van der Waals surface area contributed by atoms with Crippen LogP contribution in [0.25, 0.3) is 33.1 Å². The molecule has 4 aromatic rings. The van der Waals surface area contributed by atoms with E-state index in [0.29, 0.717) is 30.8 Å². The van der Waals surface area contributed by atoms with Crippen LogP contribution in [0.1, 0.15) is 23.2 Å². The van der Waals surface area contributed by atoms with Gasteiger partial charge in [-0.25, -0.2) is 4.98 Å². The number of morpholine rings is 1. The fraction of sp³-hybridized carbons (Fsp3) is 0.409. The minimum atomic E-state index is -4.54. The molecule has 1 unspecified atom stereocenters. The van der Waals surface area contributed by atoms with Gasteiger partial charge < -0.3 is 4.74 Å². The van der Waals surface area contributed by atoms with Crippen LogP contribution in [0.5, 0.6) is 0 Å². The van der Waals surface area contributed by atoms with Gasteiger partial charge in [-0.05, 0) is 42.5 Å². The van der Waals surface area contributed by atoms with Crippen molar-refractivity contribution >= 4 is 21.8 Å². The standard InChI is InChI=1S/C22H21F3N6O/c23-22(24,25)21-16(11-27-30-21)20-14-9-12(31-5-7-32-8-6-31)1-2-13(14)19-15-10-26-29-17(15)3-4-18(19)28-20/h3-4,10-12H,1-2,5-9H2,(H,26,29)(H,27,30). The molecular formula is C22H21F3N6O. The molecule has 4 heterocycles. The third-order valence-electron chi connectivity index (χ3n) is 6.69. The van der Waals surface area contributed by atoms with Gasteiger partial charge in [-0.1, -0.05) is 0 Å². The Labute approximate surface area is 181 Å². The zero-order valence-corrected chi connectivity index (χ0v) is 17.2. The molecule has 0 bridgehead atoms. The van der Waals surface area contributed by atoms with Crippen molar-refractivity contribution in [1.29, 1.82) is 0 Å². The van der Waals surface area contributed by atoms with Crippen molar-refractivity contribution in [2.75, 3.05) is 26.3 Å². The molecule has 0 amide bonds. The number of ether oxygens (including phenoxy) is 1. The SMILES string of the molecule is FC(F)(F)c1[nH]ncc1-c1nc2ccc3[nH]ncc3c2c2c1CC(N1CCOCC1)CC2. The third-order valence-corrected chi connectivity index (χ3v) is 6.69. The molecule has 2 aliphatic rings. The maximum Gasteiger partial charge on any atom is 0.433 e. The largest absolute Gasteiger partial charge is 0.433 e. The number of hydrogen-bond donors (Lipinski definition) is 2. The Bertz CT molecular complexity index is 1300. The van der Waals surface area contributed by atoms with Gasteiger partial charge >= 0.3 is 6.18 Å². The monoisotopic (exact) mass is 442 g/mol. The molecule has 1 fully saturated rings. The number of hydrogen-bond acceptors (Lipinski definition) is 5. The van der Waals surface area contributed by atoms with Crippen LogP contribution in [0, 0.1) is 0 Å². The number of halogens is 3. The minimum Gasteiger partial charge on any atom is -0.379 e. The summed E-state index contributed by atoms with van der Waals surface area (Å²) in [5.41, 5.74) is 3.02. The second-order valence-corrected chi connectivity index (χ2v) is 8.41. The van der Waals surface area contributed by atoms with Crippen molar-refractivity contribution in [2.45, 2.75) is 31.5 Å². The van der Waals surface area contributed by atoms with Crippen LogP contribution in [-0.4, -0.2) is 62.6 Å². The molecule has 166 valence electrons. The Balaban J connectivity index is 1.58. The number of alkyl halides is 3. The predicted octanol–water partition coefficient (Wildman–Crippen LogP) is 3.71. The molecule has 32 heavy (non-hydrogen) atoms. The van der Waals surface area contributed by atoms with Crippen molar-refractivity contribution < 1.29 is 17.9 Å². The first-order valence-electron chi connectivity index (χ1n) is 10.7. The van der Waals surface area contributed by atoms with Crippen LogP contribution in [0.4, 0.5) is 13.2 Å². The summed E-state index contributed by atoms with van der Waals surface area (Å²) in [5, 5.41) is 14.9. The number of benzene rings is 1. The van der Waals surface area contributed by atoms with Gasteiger partial charge in [0.15, 0.2) is 0 Å². The summed E-state index contributed by atoms with van der Waals surface area (Å²) >= 11 is 0. The van der Waals surface area contributed by atoms with E-state index in [1.807, 2.05) is 12.1 Å². The fourth-order valence-corrected chi connectivity index (χ4v) is 5.20. The minimum absolute atomic E-state index is 0.00516. The van der Waals surface area contributed by atoms with Gasteiger partial charge in [0.05, 0.1) is 47.9 Å². The molecule has 1 aromatic carbocycles. The van der Waals surface area contributed by atoms with E-state index in [-0.39, 0.29) is 11.6 Å². The number of nitrogens with one attached hydrogen (secondary N) is 2. The average Bonchev–Trinajstić information content (AvgIpc) is 3.48. The average molecular weight is 442 g/mol. The van der Waals surface area contributed by atoms with Gasteiger partial charge in [-0.2, -0.15) is 23.4 Å². The van der Waals surface area contributed by atoms with Gasteiger partial charge in [0.2, 0.25) is 0 Å². The van der Waals surface area contributed by atoms with Crippen molar-refractivity contribution in [3.05, 3.63) is 41.3 Å². The van der Waals surface area contributed by atoms with Gasteiger partial charge in [0.1, 0.15) is 5.69 Å². The quantitative estimate of drug-likeness (QED) is 0.495. The van der Waals surface area contributed by atoms with Crippen molar-refractivity contribution in [1.82, 2.24) is 30.3 Å². The van der Waals surface area contributed by atoms with E-state index < -0.39 is 11.9 Å². The van der Waals surface area contributed by atoms with Crippen LogP contribution >= 0.6 is 0 Å². The van der Waals surface area contributed by atoms with Crippen molar-refractivity contribution in [2.24, 2.45) is 0 Å². The Morgan fingerprint density at radius 1 is 1.03 bits per heavy atom. The van der Waals surface area contributed by atoms with Crippen LogP contribution in [0.2, 0.25) is 0 Å². The molecule has 10 heteroatoms. The maximum absolute atomic E-state index is 13.7. The summed E-state index contributed by atoms with van der Waals surface area (Å²) in [6, 6.07) is 3.96. The highest BCUT2D eigenvalue weighted by atomic mass is 19.4. The van der Waals surface area contributed by atoms with Gasteiger partial charge in [0.25, 0.3) is 0 Å². The summed E-state index contributed by atoms with van der Waals surface area (Å²) in [4.78, 5) is 7.16. The molecular weight excluding hydrogens is 421 g/mol. The highest BCUT2D eigenvalue weighted by Crippen LogP contribution is 2.42. The van der Waals surface area contributed by atoms with Crippen molar-refractivity contribution in [3.8, 4) is 11.3 Å². The molecule has 1 saturated heterocycles. The number of nitrogens with zero attached hydrogens (tertiary/aromatic N) is 4. The first kappa shape index (κ1) is 19.7. The lowest BCUT2D eigenvalue weighted by Crippen LogP contribution is -2.46. The van der Waals surface area contributed by atoms with E-state index in [4.69, 9.17) is 9.72 Å². The van der Waals surface area contributed by atoms with Gasteiger partial charge in [0, 0.05) is 29.9 Å². The van der Waals surface area contributed by atoms with Crippen LogP contribution in [-0.2, 0) is 23.8 Å². The second-order valence-electron chi connectivity index (χ2n) is 8.41. The third kappa shape index (κ3) is 3.08. The number of fused-ring (bicyclic) bond motifs is 5. The second kappa shape index (κ2) is 7.28. The van der Waals surface area contributed by atoms with E-state index in [9.17, 15) is 13.2 Å². The summed E-state index contributed by atoms with van der Waals surface area (Å²) in [6.07, 6.45) is 0.828. The van der Waals surface area contributed by atoms with E-state index in [1.165, 1.54) is 6.20 Å². The van der Waals surface area contributed by atoms with Crippen LogP contribution < -0.4 is 0 Å². The zero-order chi connectivity index (χ0) is 21.9. The number of aromatic amines is 2. The molecule has 0 saturated carbocycles. The van der Waals surface area contributed by atoms with E-state index in [1.54, 1.807) is 6.20 Å². The lowest BCUT2D eigenvalue weighted by atomic mass is 9.82. The molecule has 0 spiro atoms.